The highest BCUT2D eigenvalue weighted by Crippen LogP contribution is 2.35. The number of amides is 2. The molecule has 1 aliphatic rings. The quantitative estimate of drug-likeness (QED) is 0.483. The van der Waals surface area contributed by atoms with E-state index in [0.717, 1.165) is 5.56 Å². The third-order valence-corrected chi connectivity index (χ3v) is 7.22. The summed E-state index contributed by atoms with van der Waals surface area (Å²) in [5, 5.41) is 2.85. The number of methoxy groups -OCH3 is 1. The molecule has 1 heterocycles. The normalized spacial score (nSPS) is 14.9. The van der Waals surface area contributed by atoms with Gasteiger partial charge in [-0.1, -0.05) is 49.4 Å². The molecule has 10 heteroatoms. The molecule has 0 bridgehead atoms. The summed E-state index contributed by atoms with van der Waals surface area (Å²) in [5.74, 6) is -0.336. The highest BCUT2D eigenvalue weighted by atomic mass is 32.2. The predicted molar refractivity (Wildman–Crippen MR) is 135 cm³/mol. The molecule has 2 N–H and O–H groups in total. The average Bonchev–Trinajstić information content (AvgIpc) is 2.90. The lowest BCUT2D eigenvalue weighted by Crippen LogP contribution is -2.50. The standard InChI is InChI=1S/C26H27N3O6S/c1-3-28-36(32,33)24-15-19(13-14-22(24)34-2)26(31)29-17-23(35-21-12-8-7-11-20(21)29)25(30)27-16-18-9-5-4-6-10-18/h4-15,23,28H,3,16-17H2,1-2H3,(H,27,30)/t23-/m1/s1. The van der Waals surface area contributed by atoms with Crippen LogP contribution in [-0.2, 0) is 21.4 Å². The van der Waals surface area contributed by atoms with E-state index in [1.54, 1.807) is 31.2 Å². The number of sulfonamides is 1. The smallest absolute Gasteiger partial charge is 0.263 e. The van der Waals surface area contributed by atoms with Crippen LogP contribution in [0.2, 0.25) is 0 Å². The second-order valence-corrected chi connectivity index (χ2v) is 9.80. The van der Waals surface area contributed by atoms with Crippen molar-refractivity contribution in [3.8, 4) is 11.5 Å². The fourth-order valence-corrected chi connectivity index (χ4v) is 5.14. The summed E-state index contributed by atoms with van der Waals surface area (Å²) >= 11 is 0. The summed E-state index contributed by atoms with van der Waals surface area (Å²) in [6.45, 7) is 2.12. The molecule has 0 fully saturated rings. The highest BCUT2D eigenvalue weighted by Gasteiger charge is 2.34. The molecule has 2 amide bonds. The number of carbonyl (C=O) groups excluding carboxylic acids is 2. The number of anilines is 1. The lowest BCUT2D eigenvalue weighted by atomic mass is 10.1. The zero-order valence-electron chi connectivity index (χ0n) is 19.9. The van der Waals surface area contributed by atoms with Crippen LogP contribution in [0.15, 0.2) is 77.7 Å². The lowest BCUT2D eigenvalue weighted by molar-refractivity contribution is -0.128. The highest BCUT2D eigenvalue weighted by molar-refractivity contribution is 7.89. The van der Waals surface area contributed by atoms with Crippen molar-refractivity contribution in [3.05, 3.63) is 83.9 Å². The van der Waals surface area contributed by atoms with Gasteiger partial charge in [-0.05, 0) is 35.9 Å². The molecule has 4 rings (SSSR count). The first kappa shape index (κ1) is 25.2. The fraction of sp³-hybridized carbons (Fsp3) is 0.231. The van der Waals surface area contributed by atoms with E-state index in [0.29, 0.717) is 18.0 Å². The second kappa shape index (κ2) is 10.8. The first-order chi connectivity index (χ1) is 17.3. The molecule has 0 spiro atoms. The number of fused-ring (bicyclic) bond motifs is 1. The summed E-state index contributed by atoms with van der Waals surface area (Å²) in [5.41, 5.74) is 1.55. The molecular weight excluding hydrogens is 482 g/mol. The van der Waals surface area contributed by atoms with Crippen molar-refractivity contribution in [2.24, 2.45) is 0 Å². The van der Waals surface area contributed by atoms with Gasteiger partial charge in [-0.25, -0.2) is 13.1 Å². The van der Waals surface area contributed by atoms with E-state index in [-0.39, 0.29) is 35.2 Å². The van der Waals surface area contributed by atoms with Gasteiger partial charge in [-0.15, -0.1) is 0 Å². The van der Waals surface area contributed by atoms with E-state index in [9.17, 15) is 18.0 Å². The number of hydrogen-bond acceptors (Lipinski definition) is 6. The molecule has 1 atom stereocenters. The van der Waals surface area contributed by atoms with Crippen LogP contribution in [0.1, 0.15) is 22.8 Å². The number of nitrogens with zero attached hydrogens (tertiary/aromatic N) is 1. The van der Waals surface area contributed by atoms with Crippen LogP contribution in [-0.4, -0.2) is 46.5 Å². The monoisotopic (exact) mass is 509 g/mol. The third kappa shape index (κ3) is 5.34. The minimum absolute atomic E-state index is 0.0439. The summed E-state index contributed by atoms with van der Waals surface area (Å²) in [4.78, 5) is 27.9. The van der Waals surface area contributed by atoms with Gasteiger partial charge in [-0.2, -0.15) is 0 Å². The number of carbonyl (C=O) groups is 2. The molecule has 0 saturated heterocycles. The first-order valence-corrected chi connectivity index (χ1v) is 12.9. The van der Waals surface area contributed by atoms with Crippen LogP contribution in [0.25, 0.3) is 0 Å². The molecule has 1 aliphatic heterocycles. The van der Waals surface area contributed by atoms with Crippen LogP contribution in [0.3, 0.4) is 0 Å². The number of nitrogens with one attached hydrogen (secondary N) is 2. The Morgan fingerprint density at radius 3 is 2.50 bits per heavy atom. The fourth-order valence-electron chi connectivity index (χ4n) is 3.91. The lowest BCUT2D eigenvalue weighted by Gasteiger charge is -2.34. The molecule has 9 nitrogen and oxygen atoms in total. The largest absolute Gasteiger partial charge is 0.495 e. The Balaban J connectivity index is 1.62. The second-order valence-electron chi connectivity index (χ2n) is 8.06. The van der Waals surface area contributed by atoms with Gasteiger partial charge in [0, 0.05) is 18.7 Å². The van der Waals surface area contributed by atoms with Gasteiger partial charge < -0.3 is 19.7 Å². The number of benzene rings is 3. The number of rotatable bonds is 8. The van der Waals surface area contributed by atoms with E-state index in [2.05, 4.69) is 10.0 Å². The Hall–Kier alpha value is -3.89. The Bertz CT molecular complexity index is 1360. The van der Waals surface area contributed by atoms with Gasteiger partial charge >= 0.3 is 0 Å². The molecular formula is C26H27N3O6S. The zero-order valence-corrected chi connectivity index (χ0v) is 20.7. The van der Waals surface area contributed by atoms with Gasteiger partial charge in [0.05, 0.1) is 19.3 Å². The Kier molecular flexibility index (Phi) is 7.56. The average molecular weight is 510 g/mol. The van der Waals surface area contributed by atoms with Gasteiger partial charge in [0.1, 0.15) is 16.4 Å². The van der Waals surface area contributed by atoms with Gasteiger partial charge in [-0.3, -0.25) is 9.59 Å². The Morgan fingerprint density at radius 2 is 1.78 bits per heavy atom. The van der Waals surface area contributed by atoms with Crippen LogP contribution in [0.4, 0.5) is 5.69 Å². The SMILES string of the molecule is CCNS(=O)(=O)c1cc(C(=O)N2C[C@H](C(=O)NCc3ccccc3)Oc3ccccc32)ccc1OC. The van der Waals surface area contributed by atoms with Crippen molar-refractivity contribution >= 4 is 27.5 Å². The van der Waals surface area contributed by atoms with Crippen molar-refractivity contribution < 1.29 is 27.5 Å². The van der Waals surface area contributed by atoms with Crippen LogP contribution in [0.5, 0.6) is 11.5 Å². The molecule has 0 unspecified atom stereocenters. The van der Waals surface area contributed by atoms with Crippen molar-refractivity contribution in [2.75, 3.05) is 25.1 Å². The Morgan fingerprint density at radius 1 is 1.06 bits per heavy atom. The van der Waals surface area contributed by atoms with Crippen LogP contribution >= 0.6 is 0 Å². The van der Waals surface area contributed by atoms with Crippen molar-refractivity contribution in [1.29, 1.82) is 0 Å². The van der Waals surface area contributed by atoms with Gasteiger partial charge in [0.25, 0.3) is 11.8 Å². The minimum Gasteiger partial charge on any atom is -0.495 e. The molecule has 0 aromatic heterocycles. The minimum atomic E-state index is -3.89. The number of ether oxygens (including phenoxy) is 2. The molecule has 188 valence electrons. The maximum Gasteiger partial charge on any atom is 0.263 e. The van der Waals surface area contributed by atoms with E-state index < -0.39 is 22.0 Å². The maximum absolute atomic E-state index is 13.6. The maximum atomic E-state index is 13.6. The summed E-state index contributed by atoms with van der Waals surface area (Å²) in [6.07, 6.45) is -0.948. The molecule has 0 radical (unpaired) electrons. The predicted octanol–water partition coefficient (Wildman–Crippen LogP) is 2.72. The number of para-hydroxylation sites is 2. The van der Waals surface area contributed by atoms with Crippen molar-refractivity contribution in [2.45, 2.75) is 24.5 Å². The first-order valence-electron chi connectivity index (χ1n) is 11.4. The van der Waals surface area contributed by atoms with E-state index in [1.807, 2.05) is 30.3 Å². The third-order valence-electron chi connectivity index (χ3n) is 5.66. The van der Waals surface area contributed by atoms with Crippen molar-refractivity contribution in [1.82, 2.24) is 10.0 Å². The molecule has 0 aliphatic carbocycles. The van der Waals surface area contributed by atoms with E-state index in [4.69, 9.17) is 9.47 Å². The van der Waals surface area contributed by atoms with Gasteiger partial charge in [0.15, 0.2) is 6.10 Å². The van der Waals surface area contributed by atoms with E-state index >= 15 is 0 Å². The van der Waals surface area contributed by atoms with Crippen molar-refractivity contribution in [3.63, 3.8) is 0 Å². The van der Waals surface area contributed by atoms with Crippen LogP contribution < -0.4 is 24.4 Å². The van der Waals surface area contributed by atoms with Crippen LogP contribution in [0, 0.1) is 0 Å². The molecule has 0 saturated carbocycles. The summed E-state index contributed by atoms with van der Waals surface area (Å²) in [7, 11) is -2.53. The zero-order chi connectivity index (χ0) is 25.7. The van der Waals surface area contributed by atoms with E-state index in [1.165, 1.54) is 30.2 Å². The molecule has 3 aromatic carbocycles. The molecule has 3 aromatic rings. The Labute approximate surface area is 210 Å². The van der Waals surface area contributed by atoms with Gasteiger partial charge in [0.2, 0.25) is 10.0 Å². The topological polar surface area (TPSA) is 114 Å². The number of hydrogen-bond donors (Lipinski definition) is 2. The summed E-state index contributed by atoms with van der Waals surface area (Å²) < 4.78 is 38.9. The molecule has 36 heavy (non-hydrogen) atoms. The summed E-state index contributed by atoms with van der Waals surface area (Å²) in [6, 6.07) is 20.6.